The van der Waals surface area contributed by atoms with Gasteiger partial charge in [-0.15, -0.1) is 0 Å². The van der Waals surface area contributed by atoms with Crippen LogP contribution < -0.4 is 0 Å². The molecule has 0 aliphatic heterocycles. The zero-order chi connectivity index (χ0) is 14.1. The monoisotopic (exact) mass is 267 g/mol. The molecule has 0 unspecified atom stereocenters. The number of hydrogen-bond acceptors (Lipinski definition) is 1. The zero-order valence-corrected chi connectivity index (χ0v) is 10.7. The molecule has 0 amide bonds. The van der Waals surface area contributed by atoms with Crippen LogP contribution in [0.25, 0.3) is 5.57 Å². The van der Waals surface area contributed by atoms with Crippen molar-refractivity contribution in [3.8, 4) is 6.07 Å². The Morgan fingerprint density at radius 2 is 1.40 bits per heavy atom. The molecule has 2 aromatic carbocycles. The molecule has 3 rings (SSSR count). The molecular formula is C17H11F2N. The van der Waals surface area contributed by atoms with Gasteiger partial charge in [-0.3, -0.25) is 0 Å². The molecule has 0 fully saturated rings. The number of nitriles is 1. The standard InChI is InChI=1S/C17H11F2N/c18-13-5-3-11-1-2-12-4-6-14(19)10-17(12)15(7-8-20)16(11)9-13/h3-7,9-10H,1-2H2. The van der Waals surface area contributed by atoms with Gasteiger partial charge in [0.05, 0.1) is 6.07 Å². The molecule has 1 aliphatic rings. The van der Waals surface area contributed by atoms with E-state index in [0.717, 1.165) is 24.0 Å². The zero-order valence-electron chi connectivity index (χ0n) is 10.7. The summed E-state index contributed by atoms with van der Waals surface area (Å²) in [6.07, 6.45) is 2.86. The first-order valence-electron chi connectivity index (χ1n) is 6.36. The fourth-order valence-corrected chi connectivity index (χ4v) is 2.67. The molecule has 0 saturated carbocycles. The maximum absolute atomic E-state index is 13.5. The summed E-state index contributed by atoms with van der Waals surface area (Å²) < 4.78 is 27.0. The Kier molecular flexibility index (Phi) is 3.08. The van der Waals surface area contributed by atoms with E-state index in [-0.39, 0.29) is 11.6 Å². The van der Waals surface area contributed by atoms with Gasteiger partial charge in [-0.05, 0) is 59.4 Å². The van der Waals surface area contributed by atoms with Gasteiger partial charge in [-0.25, -0.2) is 8.78 Å². The van der Waals surface area contributed by atoms with E-state index in [1.807, 2.05) is 6.07 Å². The molecule has 0 spiro atoms. The van der Waals surface area contributed by atoms with Crippen molar-refractivity contribution in [3.05, 3.63) is 76.4 Å². The molecule has 0 bridgehead atoms. The molecule has 0 aromatic heterocycles. The summed E-state index contributed by atoms with van der Waals surface area (Å²) in [5.41, 5.74) is 3.90. The fraction of sp³-hybridized carbons (Fsp3) is 0.118. The van der Waals surface area contributed by atoms with E-state index in [9.17, 15) is 8.78 Å². The van der Waals surface area contributed by atoms with Crippen LogP contribution in [-0.4, -0.2) is 0 Å². The molecule has 0 atom stereocenters. The minimum absolute atomic E-state index is 0.354. The fourth-order valence-electron chi connectivity index (χ4n) is 2.67. The largest absolute Gasteiger partial charge is 0.207 e. The molecule has 0 saturated heterocycles. The second-order valence-electron chi connectivity index (χ2n) is 4.79. The maximum Gasteiger partial charge on any atom is 0.123 e. The van der Waals surface area contributed by atoms with E-state index >= 15 is 0 Å². The quantitative estimate of drug-likeness (QED) is 0.661. The third kappa shape index (κ3) is 2.10. The highest BCUT2D eigenvalue weighted by molar-refractivity contribution is 5.85. The molecule has 20 heavy (non-hydrogen) atoms. The first kappa shape index (κ1) is 12.6. The molecule has 98 valence electrons. The summed E-state index contributed by atoms with van der Waals surface area (Å²) in [6.45, 7) is 0. The summed E-state index contributed by atoms with van der Waals surface area (Å²) in [5.74, 6) is -0.708. The number of benzene rings is 2. The van der Waals surface area contributed by atoms with E-state index in [1.165, 1.54) is 30.3 Å². The summed E-state index contributed by atoms with van der Waals surface area (Å²) in [5, 5.41) is 8.99. The Hall–Kier alpha value is -2.47. The van der Waals surface area contributed by atoms with E-state index in [4.69, 9.17) is 5.26 Å². The van der Waals surface area contributed by atoms with Gasteiger partial charge in [-0.2, -0.15) is 5.26 Å². The third-order valence-electron chi connectivity index (χ3n) is 3.60. The lowest BCUT2D eigenvalue weighted by atomic mass is 9.94. The van der Waals surface area contributed by atoms with Crippen LogP contribution in [0.1, 0.15) is 22.3 Å². The van der Waals surface area contributed by atoms with Crippen LogP contribution >= 0.6 is 0 Å². The van der Waals surface area contributed by atoms with Crippen LogP contribution in [-0.2, 0) is 12.8 Å². The van der Waals surface area contributed by atoms with Crippen LogP contribution in [0, 0.1) is 23.0 Å². The number of aryl methyl sites for hydroxylation is 2. The van der Waals surface area contributed by atoms with Gasteiger partial charge < -0.3 is 0 Å². The number of nitrogens with zero attached hydrogens (tertiary/aromatic N) is 1. The minimum Gasteiger partial charge on any atom is -0.207 e. The maximum atomic E-state index is 13.5. The molecular weight excluding hydrogens is 256 g/mol. The topological polar surface area (TPSA) is 23.8 Å². The summed E-state index contributed by atoms with van der Waals surface area (Å²) in [7, 11) is 0. The number of fused-ring (bicyclic) bond motifs is 2. The van der Waals surface area contributed by atoms with Crippen molar-refractivity contribution >= 4 is 5.57 Å². The van der Waals surface area contributed by atoms with Gasteiger partial charge in [0, 0.05) is 11.6 Å². The molecule has 0 N–H and O–H groups in total. The Morgan fingerprint density at radius 1 is 0.900 bits per heavy atom. The second-order valence-corrected chi connectivity index (χ2v) is 4.79. The molecule has 0 heterocycles. The Labute approximate surface area is 115 Å². The van der Waals surface area contributed by atoms with Gasteiger partial charge in [0.1, 0.15) is 11.6 Å². The number of allylic oxidation sites excluding steroid dienone is 1. The Balaban J connectivity index is 2.31. The number of rotatable bonds is 0. The predicted molar refractivity (Wildman–Crippen MR) is 72.9 cm³/mol. The molecule has 3 heteroatoms. The third-order valence-corrected chi connectivity index (χ3v) is 3.60. The van der Waals surface area contributed by atoms with Crippen molar-refractivity contribution in [2.45, 2.75) is 12.8 Å². The van der Waals surface area contributed by atoms with Crippen LogP contribution in [0.15, 0.2) is 42.5 Å². The molecule has 1 nitrogen and oxygen atoms in total. The Morgan fingerprint density at radius 3 is 1.85 bits per heavy atom. The Bertz CT molecular complexity index is 699. The van der Waals surface area contributed by atoms with Gasteiger partial charge in [0.15, 0.2) is 0 Å². The number of halogens is 2. The lowest BCUT2D eigenvalue weighted by molar-refractivity contribution is 0.626. The smallest absolute Gasteiger partial charge is 0.123 e. The van der Waals surface area contributed by atoms with Gasteiger partial charge >= 0.3 is 0 Å². The van der Waals surface area contributed by atoms with Crippen molar-refractivity contribution in [1.82, 2.24) is 0 Å². The average molecular weight is 267 g/mol. The van der Waals surface area contributed by atoms with Crippen LogP contribution in [0.4, 0.5) is 8.78 Å². The molecule has 2 aromatic rings. The molecule has 0 radical (unpaired) electrons. The SMILES string of the molecule is N#CC=C1c2cc(F)ccc2CCc2ccc(F)cc21. The summed E-state index contributed by atoms with van der Waals surface area (Å²) in [6, 6.07) is 11.1. The van der Waals surface area contributed by atoms with Gasteiger partial charge in [-0.1, -0.05) is 12.1 Å². The highest BCUT2D eigenvalue weighted by atomic mass is 19.1. The van der Waals surface area contributed by atoms with Crippen molar-refractivity contribution in [2.75, 3.05) is 0 Å². The molecule has 1 aliphatic carbocycles. The lowest BCUT2D eigenvalue weighted by Gasteiger charge is -2.10. The van der Waals surface area contributed by atoms with Gasteiger partial charge in [0.2, 0.25) is 0 Å². The van der Waals surface area contributed by atoms with Crippen molar-refractivity contribution in [2.24, 2.45) is 0 Å². The van der Waals surface area contributed by atoms with E-state index in [1.54, 1.807) is 12.1 Å². The lowest BCUT2D eigenvalue weighted by Crippen LogP contribution is -1.94. The average Bonchev–Trinajstić information content (AvgIpc) is 2.57. The predicted octanol–water partition coefficient (Wildman–Crippen LogP) is 4.02. The summed E-state index contributed by atoms with van der Waals surface area (Å²) >= 11 is 0. The normalized spacial score (nSPS) is 12.9. The van der Waals surface area contributed by atoms with Crippen molar-refractivity contribution in [3.63, 3.8) is 0 Å². The van der Waals surface area contributed by atoms with Gasteiger partial charge in [0.25, 0.3) is 0 Å². The highest BCUT2D eigenvalue weighted by Gasteiger charge is 2.19. The van der Waals surface area contributed by atoms with Crippen LogP contribution in [0.2, 0.25) is 0 Å². The van der Waals surface area contributed by atoms with E-state index in [2.05, 4.69) is 0 Å². The summed E-state index contributed by atoms with van der Waals surface area (Å²) in [4.78, 5) is 0. The second kappa shape index (κ2) is 4.90. The van der Waals surface area contributed by atoms with Crippen LogP contribution in [0.3, 0.4) is 0 Å². The van der Waals surface area contributed by atoms with Crippen LogP contribution in [0.5, 0.6) is 0 Å². The van der Waals surface area contributed by atoms with E-state index in [0.29, 0.717) is 16.7 Å². The van der Waals surface area contributed by atoms with Crippen molar-refractivity contribution in [1.29, 1.82) is 5.26 Å². The first-order chi connectivity index (χ1) is 9.69. The number of hydrogen-bond donors (Lipinski definition) is 0. The minimum atomic E-state index is -0.354. The highest BCUT2D eigenvalue weighted by Crippen LogP contribution is 2.34. The van der Waals surface area contributed by atoms with E-state index < -0.39 is 0 Å². The van der Waals surface area contributed by atoms with Crippen molar-refractivity contribution < 1.29 is 8.78 Å². The first-order valence-corrected chi connectivity index (χ1v) is 6.36.